The minimum atomic E-state index is -3.82. The maximum Gasteiger partial charge on any atom is 0.241 e. The summed E-state index contributed by atoms with van der Waals surface area (Å²) in [5, 5.41) is 9.38. The molecular formula is C20H20N2O3S. The standard InChI is InChI=1S/C20H20N2O3S/c21-19(15-7-3-1-4-8-15)20(16-9-5-2-6-10-16)22-26(24,25)18-13-11-17(23)12-14-18/h1-14,19-20,22-23H,21H2/t19-,20-/m0/s1. The molecule has 0 radical (unpaired) electrons. The summed E-state index contributed by atoms with van der Waals surface area (Å²) in [6, 6.07) is 22.8. The lowest BCUT2D eigenvalue weighted by Gasteiger charge is -2.26. The molecule has 0 saturated heterocycles. The summed E-state index contributed by atoms with van der Waals surface area (Å²) in [5.41, 5.74) is 8.01. The predicted octanol–water partition coefficient (Wildman–Crippen LogP) is 3.11. The number of nitrogens with one attached hydrogen (secondary N) is 1. The number of benzene rings is 3. The number of rotatable bonds is 6. The summed E-state index contributed by atoms with van der Waals surface area (Å²) in [6.45, 7) is 0. The van der Waals surface area contributed by atoms with E-state index in [-0.39, 0.29) is 10.6 Å². The third kappa shape index (κ3) is 4.11. The average Bonchev–Trinajstić information content (AvgIpc) is 2.67. The molecule has 0 aromatic heterocycles. The van der Waals surface area contributed by atoms with E-state index in [9.17, 15) is 13.5 Å². The normalized spacial score (nSPS) is 13.9. The Balaban J connectivity index is 1.97. The smallest absolute Gasteiger partial charge is 0.241 e. The largest absolute Gasteiger partial charge is 0.508 e. The molecule has 3 aromatic rings. The van der Waals surface area contributed by atoms with Crippen molar-refractivity contribution in [2.75, 3.05) is 0 Å². The van der Waals surface area contributed by atoms with Crippen LogP contribution >= 0.6 is 0 Å². The van der Waals surface area contributed by atoms with Gasteiger partial charge in [0.1, 0.15) is 5.75 Å². The molecule has 3 rings (SSSR count). The van der Waals surface area contributed by atoms with Crippen molar-refractivity contribution in [1.82, 2.24) is 4.72 Å². The van der Waals surface area contributed by atoms with Gasteiger partial charge in [-0.2, -0.15) is 0 Å². The highest BCUT2D eigenvalue weighted by Gasteiger charge is 2.27. The maximum absolute atomic E-state index is 12.8. The van der Waals surface area contributed by atoms with E-state index in [1.165, 1.54) is 24.3 Å². The van der Waals surface area contributed by atoms with Crippen LogP contribution in [-0.2, 0) is 10.0 Å². The van der Waals surface area contributed by atoms with Gasteiger partial charge in [-0.3, -0.25) is 0 Å². The van der Waals surface area contributed by atoms with Crippen LogP contribution in [0.2, 0.25) is 0 Å². The summed E-state index contributed by atoms with van der Waals surface area (Å²) in [6.07, 6.45) is 0. The molecule has 0 bridgehead atoms. The van der Waals surface area contributed by atoms with E-state index < -0.39 is 22.1 Å². The van der Waals surface area contributed by atoms with Gasteiger partial charge in [0.05, 0.1) is 17.0 Å². The van der Waals surface area contributed by atoms with Gasteiger partial charge in [-0.05, 0) is 35.4 Å². The van der Waals surface area contributed by atoms with Crippen molar-refractivity contribution < 1.29 is 13.5 Å². The van der Waals surface area contributed by atoms with Crippen LogP contribution in [0.15, 0.2) is 89.8 Å². The number of nitrogens with two attached hydrogens (primary N) is 1. The Morgan fingerprint density at radius 3 is 1.81 bits per heavy atom. The van der Waals surface area contributed by atoms with Crippen LogP contribution in [0.25, 0.3) is 0 Å². The molecule has 5 nitrogen and oxygen atoms in total. The number of sulfonamides is 1. The monoisotopic (exact) mass is 368 g/mol. The Bertz CT molecular complexity index is 943. The highest BCUT2D eigenvalue weighted by atomic mass is 32.2. The predicted molar refractivity (Wildman–Crippen MR) is 101 cm³/mol. The summed E-state index contributed by atoms with van der Waals surface area (Å²) in [5.74, 6) is 0.00421. The lowest BCUT2D eigenvalue weighted by Crippen LogP contribution is -2.36. The molecule has 0 spiro atoms. The molecule has 3 aromatic carbocycles. The third-order valence-electron chi connectivity index (χ3n) is 4.13. The van der Waals surface area contributed by atoms with Gasteiger partial charge in [-0.25, -0.2) is 13.1 Å². The molecule has 134 valence electrons. The van der Waals surface area contributed by atoms with Crippen LogP contribution in [0, 0.1) is 0 Å². The molecule has 0 aliphatic rings. The molecule has 0 unspecified atom stereocenters. The highest BCUT2D eigenvalue weighted by Crippen LogP contribution is 2.29. The van der Waals surface area contributed by atoms with Gasteiger partial charge in [-0.1, -0.05) is 60.7 Å². The van der Waals surface area contributed by atoms with Gasteiger partial charge in [0.15, 0.2) is 0 Å². The Morgan fingerprint density at radius 2 is 1.27 bits per heavy atom. The van der Waals surface area contributed by atoms with Crippen molar-refractivity contribution in [2.24, 2.45) is 5.73 Å². The SMILES string of the molecule is N[C@@H](c1ccccc1)[C@@H](NS(=O)(=O)c1ccc(O)cc1)c1ccccc1. The zero-order valence-corrected chi connectivity index (χ0v) is 14.8. The van der Waals surface area contributed by atoms with Crippen LogP contribution in [-0.4, -0.2) is 13.5 Å². The van der Waals surface area contributed by atoms with E-state index in [0.29, 0.717) is 0 Å². The number of phenols is 1. The zero-order valence-electron chi connectivity index (χ0n) is 14.0. The summed E-state index contributed by atoms with van der Waals surface area (Å²) < 4.78 is 28.3. The van der Waals surface area contributed by atoms with Crippen molar-refractivity contribution in [3.63, 3.8) is 0 Å². The highest BCUT2D eigenvalue weighted by molar-refractivity contribution is 7.89. The second kappa shape index (κ2) is 7.70. The first-order chi connectivity index (χ1) is 12.5. The molecular weight excluding hydrogens is 348 g/mol. The molecule has 4 N–H and O–H groups in total. The van der Waals surface area contributed by atoms with E-state index in [1.807, 2.05) is 60.7 Å². The van der Waals surface area contributed by atoms with E-state index in [4.69, 9.17) is 5.73 Å². The fourth-order valence-corrected chi connectivity index (χ4v) is 3.98. The lowest BCUT2D eigenvalue weighted by atomic mass is 9.95. The van der Waals surface area contributed by atoms with Gasteiger partial charge in [0.25, 0.3) is 0 Å². The fourth-order valence-electron chi connectivity index (χ4n) is 2.74. The topological polar surface area (TPSA) is 92.4 Å². The molecule has 6 heteroatoms. The number of hydrogen-bond acceptors (Lipinski definition) is 4. The summed E-state index contributed by atoms with van der Waals surface area (Å²) >= 11 is 0. The molecule has 2 atom stereocenters. The van der Waals surface area contributed by atoms with Crippen LogP contribution in [0.1, 0.15) is 23.2 Å². The van der Waals surface area contributed by atoms with Gasteiger partial charge in [0.2, 0.25) is 10.0 Å². The van der Waals surface area contributed by atoms with E-state index in [1.54, 1.807) is 0 Å². The quantitative estimate of drug-likeness (QED) is 0.623. The van der Waals surface area contributed by atoms with Crippen LogP contribution < -0.4 is 10.5 Å². The fraction of sp³-hybridized carbons (Fsp3) is 0.100. The van der Waals surface area contributed by atoms with Crippen LogP contribution in [0.4, 0.5) is 0 Å². The first-order valence-electron chi connectivity index (χ1n) is 8.14. The van der Waals surface area contributed by atoms with Gasteiger partial charge >= 0.3 is 0 Å². The zero-order chi connectivity index (χ0) is 18.6. The van der Waals surface area contributed by atoms with Crippen molar-refractivity contribution in [1.29, 1.82) is 0 Å². The van der Waals surface area contributed by atoms with Crippen molar-refractivity contribution >= 4 is 10.0 Å². The average molecular weight is 368 g/mol. The Morgan fingerprint density at radius 1 is 0.769 bits per heavy atom. The molecule has 0 saturated carbocycles. The summed E-state index contributed by atoms with van der Waals surface area (Å²) in [4.78, 5) is 0.0662. The minimum absolute atomic E-state index is 0.00421. The van der Waals surface area contributed by atoms with Crippen molar-refractivity contribution in [3.05, 3.63) is 96.1 Å². The number of aromatic hydroxyl groups is 1. The molecule has 0 aliphatic carbocycles. The molecule has 0 aliphatic heterocycles. The summed E-state index contributed by atoms with van der Waals surface area (Å²) in [7, 11) is -3.82. The second-order valence-corrected chi connectivity index (χ2v) is 7.65. The van der Waals surface area contributed by atoms with Crippen molar-refractivity contribution in [2.45, 2.75) is 17.0 Å². The van der Waals surface area contributed by atoms with Gasteiger partial charge in [-0.15, -0.1) is 0 Å². The lowest BCUT2D eigenvalue weighted by molar-refractivity contribution is 0.474. The molecule has 0 amide bonds. The van der Waals surface area contributed by atoms with E-state index in [0.717, 1.165) is 11.1 Å². The van der Waals surface area contributed by atoms with Crippen LogP contribution in [0.3, 0.4) is 0 Å². The minimum Gasteiger partial charge on any atom is -0.508 e. The maximum atomic E-state index is 12.8. The molecule has 0 fully saturated rings. The Labute approximate surface area is 153 Å². The molecule has 26 heavy (non-hydrogen) atoms. The third-order valence-corrected chi connectivity index (χ3v) is 5.59. The van der Waals surface area contributed by atoms with Crippen LogP contribution in [0.5, 0.6) is 5.75 Å². The Kier molecular flexibility index (Phi) is 5.37. The van der Waals surface area contributed by atoms with Gasteiger partial charge in [0, 0.05) is 0 Å². The van der Waals surface area contributed by atoms with Gasteiger partial charge < -0.3 is 10.8 Å². The number of phenolic OH excluding ortho intramolecular Hbond substituents is 1. The number of hydrogen-bond donors (Lipinski definition) is 3. The first kappa shape index (κ1) is 18.1. The van der Waals surface area contributed by atoms with E-state index >= 15 is 0 Å². The van der Waals surface area contributed by atoms with E-state index in [2.05, 4.69) is 4.72 Å². The Hall–Kier alpha value is -2.67. The van der Waals surface area contributed by atoms with Crippen molar-refractivity contribution in [3.8, 4) is 5.75 Å². The first-order valence-corrected chi connectivity index (χ1v) is 9.62. The second-order valence-electron chi connectivity index (χ2n) is 5.94. The molecule has 0 heterocycles.